The lowest BCUT2D eigenvalue weighted by molar-refractivity contribution is -0.129. The van der Waals surface area contributed by atoms with Gasteiger partial charge in [0.25, 0.3) is 11.8 Å². The molecule has 0 radical (unpaired) electrons. The van der Waals surface area contributed by atoms with Crippen molar-refractivity contribution in [2.75, 3.05) is 19.7 Å². The number of benzene rings is 2. The van der Waals surface area contributed by atoms with Gasteiger partial charge in [0, 0.05) is 6.54 Å². The van der Waals surface area contributed by atoms with E-state index in [-0.39, 0.29) is 18.7 Å². The predicted molar refractivity (Wildman–Crippen MR) is 121 cm³/mol. The number of halogens is 2. The molecule has 0 saturated carbocycles. The molecule has 1 heterocycles. The molecule has 1 aliphatic heterocycles. The number of amides is 2. The van der Waals surface area contributed by atoms with E-state index in [1.165, 1.54) is 4.90 Å². The van der Waals surface area contributed by atoms with E-state index >= 15 is 0 Å². The highest BCUT2D eigenvalue weighted by atomic mass is 35.5. The van der Waals surface area contributed by atoms with Crippen LogP contribution in [-0.4, -0.2) is 47.6 Å². The van der Waals surface area contributed by atoms with Crippen LogP contribution < -0.4 is 10.1 Å². The van der Waals surface area contributed by atoms with Gasteiger partial charge in [-0.05, 0) is 49.6 Å². The lowest BCUT2D eigenvalue weighted by atomic mass is 10.1. The molecule has 2 aromatic carbocycles. The Balaban J connectivity index is 1.48. The summed E-state index contributed by atoms with van der Waals surface area (Å²) in [7, 11) is 0. The number of nitrogens with zero attached hydrogens (tertiary/aromatic N) is 1. The second-order valence-corrected chi connectivity index (χ2v) is 8.02. The molecule has 0 aromatic heterocycles. The van der Waals surface area contributed by atoms with Crippen molar-refractivity contribution >= 4 is 35.0 Å². The van der Waals surface area contributed by atoms with Crippen LogP contribution in [-0.2, 0) is 16.0 Å². The maximum absolute atomic E-state index is 12.6. The summed E-state index contributed by atoms with van der Waals surface area (Å²) in [6.07, 6.45) is 1.38. The van der Waals surface area contributed by atoms with E-state index in [0.717, 1.165) is 5.56 Å². The maximum Gasteiger partial charge on any atom is 0.289 e. The van der Waals surface area contributed by atoms with Crippen LogP contribution in [0.15, 0.2) is 59.9 Å². The molecular formula is C23H24Cl2N2O4. The van der Waals surface area contributed by atoms with Gasteiger partial charge in [0.2, 0.25) is 0 Å². The number of carbonyl (C=O) groups excluding carboxylic acids is 2. The number of hydrogen-bond acceptors (Lipinski definition) is 4. The highest BCUT2D eigenvalue weighted by Crippen LogP contribution is 2.25. The van der Waals surface area contributed by atoms with Gasteiger partial charge >= 0.3 is 0 Å². The third-order valence-corrected chi connectivity index (χ3v) is 5.84. The van der Waals surface area contributed by atoms with E-state index in [2.05, 4.69) is 5.32 Å². The Morgan fingerprint density at radius 3 is 2.61 bits per heavy atom. The summed E-state index contributed by atoms with van der Waals surface area (Å²) in [6.45, 7) is 2.63. The Bertz CT molecular complexity index is 979. The molecular weight excluding hydrogens is 439 g/mol. The molecule has 0 bridgehead atoms. The summed E-state index contributed by atoms with van der Waals surface area (Å²) >= 11 is 11.9. The molecule has 8 heteroatoms. The number of aryl methyl sites for hydroxylation is 1. The monoisotopic (exact) mass is 462 g/mol. The normalized spacial score (nSPS) is 16.0. The van der Waals surface area contributed by atoms with Gasteiger partial charge in [-0.15, -0.1) is 0 Å². The maximum atomic E-state index is 12.6. The Labute approximate surface area is 191 Å². The van der Waals surface area contributed by atoms with E-state index in [9.17, 15) is 14.7 Å². The number of hydrogen-bond donors (Lipinski definition) is 2. The number of aliphatic hydroxyl groups excluding tert-OH is 1. The first-order chi connectivity index (χ1) is 14.9. The summed E-state index contributed by atoms with van der Waals surface area (Å²) in [5.41, 5.74) is 1.10. The number of nitrogens with one attached hydrogen (secondary N) is 1. The van der Waals surface area contributed by atoms with Gasteiger partial charge in [0.1, 0.15) is 12.4 Å². The molecule has 0 saturated heterocycles. The summed E-state index contributed by atoms with van der Waals surface area (Å²) < 4.78 is 5.62. The Morgan fingerprint density at radius 1 is 1.16 bits per heavy atom. The van der Waals surface area contributed by atoms with Crippen LogP contribution in [0.2, 0.25) is 10.0 Å². The van der Waals surface area contributed by atoms with Gasteiger partial charge in [-0.2, -0.15) is 0 Å². The largest absolute Gasteiger partial charge is 0.503 e. The van der Waals surface area contributed by atoms with Gasteiger partial charge in [0.05, 0.1) is 28.2 Å². The van der Waals surface area contributed by atoms with Crippen molar-refractivity contribution in [3.05, 3.63) is 75.5 Å². The zero-order chi connectivity index (χ0) is 22.4. The third-order valence-electron chi connectivity index (χ3n) is 5.10. The smallest absolute Gasteiger partial charge is 0.289 e. The van der Waals surface area contributed by atoms with Crippen molar-refractivity contribution in [2.24, 2.45) is 0 Å². The molecule has 1 unspecified atom stereocenters. The Morgan fingerprint density at radius 2 is 1.90 bits per heavy atom. The van der Waals surface area contributed by atoms with Crippen LogP contribution in [0.4, 0.5) is 0 Å². The van der Waals surface area contributed by atoms with Crippen molar-refractivity contribution in [1.82, 2.24) is 10.2 Å². The SMILES string of the molecule is CC1C(C(=O)NCCCc2ccc(Cl)c(Cl)c2)=C(O)C(=O)N1CCOc1ccccc1. The van der Waals surface area contributed by atoms with E-state index in [0.29, 0.717) is 35.2 Å². The van der Waals surface area contributed by atoms with Crippen molar-refractivity contribution in [2.45, 2.75) is 25.8 Å². The van der Waals surface area contributed by atoms with Crippen LogP contribution >= 0.6 is 23.2 Å². The minimum absolute atomic E-state index is 0.0826. The van der Waals surface area contributed by atoms with Crippen LogP contribution in [0.1, 0.15) is 18.9 Å². The quantitative estimate of drug-likeness (QED) is 0.548. The predicted octanol–water partition coefficient (Wildman–Crippen LogP) is 4.16. The van der Waals surface area contributed by atoms with E-state index < -0.39 is 23.6 Å². The second kappa shape index (κ2) is 10.6. The lowest BCUT2D eigenvalue weighted by Crippen LogP contribution is -2.39. The lowest BCUT2D eigenvalue weighted by Gasteiger charge is -2.23. The molecule has 1 aliphatic rings. The van der Waals surface area contributed by atoms with Gasteiger partial charge in [-0.3, -0.25) is 9.59 Å². The molecule has 2 aromatic rings. The van der Waals surface area contributed by atoms with Crippen molar-refractivity contribution in [3.63, 3.8) is 0 Å². The second-order valence-electron chi connectivity index (χ2n) is 7.21. The summed E-state index contributed by atoms with van der Waals surface area (Å²) in [4.78, 5) is 26.4. The number of ether oxygens (including phenoxy) is 1. The van der Waals surface area contributed by atoms with Gasteiger partial charge < -0.3 is 20.1 Å². The minimum atomic E-state index is -0.565. The number of rotatable bonds is 9. The van der Waals surface area contributed by atoms with E-state index in [4.69, 9.17) is 27.9 Å². The topological polar surface area (TPSA) is 78.9 Å². The fourth-order valence-electron chi connectivity index (χ4n) is 3.44. The average Bonchev–Trinajstić information content (AvgIpc) is 2.97. The third kappa shape index (κ3) is 5.71. The van der Waals surface area contributed by atoms with E-state index in [1.807, 2.05) is 36.4 Å². The molecule has 164 valence electrons. The molecule has 0 aliphatic carbocycles. The molecule has 0 fully saturated rings. The molecule has 3 rings (SSSR count). The van der Waals surface area contributed by atoms with Crippen molar-refractivity contribution in [3.8, 4) is 5.75 Å². The first-order valence-electron chi connectivity index (χ1n) is 10.0. The van der Waals surface area contributed by atoms with Gasteiger partial charge in [0.15, 0.2) is 5.76 Å². The molecule has 6 nitrogen and oxygen atoms in total. The zero-order valence-electron chi connectivity index (χ0n) is 17.1. The van der Waals surface area contributed by atoms with Crippen molar-refractivity contribution < 1.29 is 19.4 Å². The first-order valence-corrected chi connectivity index (χ1v) is 10.8. The van der Waals surface area contributed by atoms with E-state index in [1.54, 1.807) is 19.1 Å². The number of carbonyl (C=O) groups is 2. The first kappa shape index (κ1) is 23.0. The average molecular weight is 463 g/mol. The summed E-state index contributed by atoms with van der Waals surface area (Å²) in [5.74, 6) is -0.822. The van der Waals surface area contributed by atoms with Crippen LogP contribution in [0.3, 0.4) is 0 Å². The molecule has 2 N–H and O–H groups in total. The Hall–Kier alpha value is -2.70. The number of aliphatic hydroxyl groups is 1. The fraction of sp³-hybridized carbons (Fsp3) is 0.304. The molecule has 31 heavy (non-hydrogen) atoms. The summed E-state index contributed by atoms with van der Waals surface area (Å²) in [6, 6.07) is 14.1. The molecule has 0 spiro atoms. The highest BCUT2D eigenvalue weighted by molar-refractivity contribution is 6.42. The van der Waals surface area contributed by atoms with Crippen molar-refractivity contribution in [1.29, 1.82) is 0 Å². The standard InChI is InChI=1S/C23H24Cl2N2O4/c1-15-20(22(29)26-11-5-6-16-9-10-18(24)19(25)14-16)21(28)23(30)27(15)12-13-31-17-7-3-2-4-8-17/h2-4,7-10,14-15,28H,5-6,11-13H2,1H3,(H,26,29). The Kier molecular flexibility index (Phi) is 7.82. The fourth-order valence-corrected chi connectivity index (χ4v) is 3.76. The minimum Gasteiger partial charge on any atom is -0.503 e. The molecule has 2 amide bonds. The highest BCUT2D eigenvalue weighted by Gasteiger charge is 2.39. The van der Waals surface area contributed by atoms with Crippen LogP contribution in [0.5, 0.6) is 5.75 Å². The number of para-hydroxylation sites is 1. The van der Waals surface area contributed by atoms with Gasteiger partial charge in [-0.25, -0.2) is 0 Å². The van der Waals surface area contributed by atoms with Crippen LogP contribution in [0.25, 0.3) is 0 Å². The zero-order valence-corrected chi connectivity index (χ0v) is 18.6. The molecule has 1 atom stereocenters. The van der Waals surface area contributed by atoms with Crippen LogP contribution in [0, 0.1) is 0 Å². The van der Waals surface area contributed by atoms with Gasteiger partial charge in [-0.1, -0.05) is 47.5 Å². The summed E-state index contributed by atoms with van der Waals surface area (Å²) in [5, 5.41) is 14.0.